The van der Waals surface area contributed by atoms with Crippen molar-refractivity contribution >= 4 is 29.4 Å². The number of fused-ring (bicyclic) bond motifs is 1. The Balaban J connectivity index is 2.03. The molecule has 1 atom stereocenters. The number of rotatable bonds is 3. The third kappa shape index (κ3) is 3.57. The monoisotopic (exact) mass is 370 g/mol. The van der Waals surface area contributed by atoms with E-state index >= 15 is 0 Å². The molecule has 2 aromatic carbocycles. The minimum absolute atomic E-state index is 0.208. The van der Waals surface area contributed by atoms with Gasteiger partial charge in [-0.15, -0.1) is 11.8 Å². The molecule has 0 unspecified atom stereocenters. The predicted octanol–water partition coefficient (Wildman–Crippen LogP) is 6.46. The normalized spacial score (nSPS) is 16.6. The Morgan fingerprint density at radius 3 is 2.50 bits per heavy atom. The summed E-state index contributed by atoms with van der Waals surface area (Å²) < 4.78 is 44.2. The highest BCUT2D eigenvalue weighted by Gasteiger charge is 2.42. The molecule has 1 aliphatic rings. The molecule has 6 heteroatoms. The van der Waals surface area contributed by atoms with Gasteiger partial charge in [-0.05, 0) is 41.7 Å². The van der Waals surface area contributed by atoms with Crippen molar-refractivity contribution in [3.05, 3.63) is 53.1 Å². The zero-order valence-corrected chi connectivity index (χ0v) is 14.3. The highest BCUT2D eigenvalue weighted by Crippen LogP contribution is 2.42. The van der Waals surface area contributed by atoms with Crippen LogP contribution in [0.25, 0.3) is 17.2 Å². The molecule has 0 fully saturated rings. The first-order valence-corrected chi connectivity index (χ1v) is 8.73. The summed E-state index contributed by atoms with van der Waals surface area (Å²) in [6.45, 7) is 2.06. The highest BCUT2D eigenvalue weighted by atomic mass is 35.5. The summed E-state index contributed by atoms with van der Waals surface area (Å²) in [7, 11) is 0. The van der Waals surface area contributed by atoms with Gasteiger partial charge in [-0.2, -0.15) is 13.2 Å². The fraction of sp³-hybridized carbons (Fsp3) is 0.222. The van der Waals surface area contributed by atoms with Gasteiger partial charge in [0, 0.05) is 21.0 Å². The SMILES string of the molecule is CCSc1ccc(-c2cc(Cl)cc3c2O[C@@H](C(F)(F)F)C=C3)cc1. The molecule has 0 aromatic heterocycles. The van der Waals surface area contributed by atoms with E-state index in [1.165, 1.54) is 6.08 Å². The van der Waals surface area contributed by atoms with Crippen LogP contribution in [-0.4, -0.2) is 18.0 Å². The Kier molecular flexibility index (Phi) is 4.83. The van der Waals surface area contributed by atoms with E-state index in [0.29, 0.717) is 16.1 Å². The van der Waals surface area contributed by atoms with Crippen molar-refractivity contribution in [3.8, 4) is 16.9 Å². The minimum Gasteiger partial charge on any atom is -0.476 e. The zero-order chi connectivity index (χ0) is 17.3. The molecule has 1 aliphatic heterocycles. The molecular weight excluding hydrogens is 357 g/mol. The van der Waals surface area contributed by atoms with Crippen LogP contribution in [0.1, 0.15) is 12.5 Å². The number of benzene rings is 2. The summed E-state index contributed by atoms with van der Waals surface area (Å²) >= 11 is 7.82. The van der Waals surface area contributed by atoms with Crippen molar-refractivity contribution in [3.63, 3.8) is 0 Å². The van der Waals surface area contributed by atoms with Crippen molar-refractivity contribution in [1.29, 1.82) is 0 Å². The number of ether oxygens (including phenoxy) is 1. The lowest BCUT2D eigenvalue weighted by molar-refractivity contribution is -0.180. The van der Waals surface area contributed by atoms with Crippen LogP contribution in [0.4, 0.5) is 13.2 Å². The van der Waals surface area contributed by atoms with Crippen molar-refractivity contribution < 1.29 is 17.9 Å². The number of alkyl halides is 3. The topological polar surface area (TPSA) is 9.23 Å². The maximum atomic E-state index is 13.0. The maximum absolute atomic E-state index is 13.0. The Morgan fingerprint density at radius 1 is 1.17 bits per heavy atom. The molecule has 1 nitrogen and oxygen atoms in total. The van der Waals surface area contributed by atoms with Crippen molar-refractivity contribution in [1.82, 2.24) is 0 Å². The molecule has 0 radical (unpaired) electrons. The second-order valence-corrected chi connectivity index (χ2v) is 7.04. The molecule has 24 heavy (non-hydrogen) atoms. The standard InChI is InChI=1S/C18H14ClF3OS/c1-2-24-14-6-3-11(4-7-14)15-10-13(19)9-12-5-8-16(18(20,21)22)23-17(12)15/h3-10,16H,2H2,1H3/t16-/m1/s1. The van der Waals surface area contributed by atoms with Crippen LogP contribution in [-0.2, 0) is 0 Å². The van der Waals surface area contributed by atoms with Crippen LogP contribution in [0.2, 0.25) is 5.02 Å². The number of hydrogen-bond acceptors (Lipinski definition) is 2. The maximum Gasteiger partial charge on any atom is 0.429 e. The Hall–Kier alpha value is -1.59. The largest absolute Gasteiger partial charge is 0.476 e. The van der Waals surface area contributed by atoms with E-state index in [2.05, 4.69) is 6.92 Å². The average Bonchev–Trinajstić information content (AvgIpc) is 2.54. The molecule has 0 spiro atoms. The quantitative estimate of drug-likeness (QED) is 0.574. The molecule has 126 valence electrons. The van der Waals surface area contributed by atoms with E-state index in [4.69, 9.17) is 16.3 Å². The molecule has 0 saturated heterocycles. The smallest absolute Gasteiger partial charge is 0.429 e. The van der Waals surface area contributed by atoms with Gasteiger partial charge < -0.3 is 4.74 Å². The van der Waals surface area contributed by atoms with E-state index in [1.807, 2.05) is 24.3 Å². The van der Waals surface area contributed by atoms with Crippen molar-refractivity contribution in [2.24, 2.45) is 0 Å². The second kappa shape index (κ2) is 6.73. The van der Waals surface area contributed by atoms with Gasteiger partial charge in [-0.25, -0.2) is 0 Å². The van der Waals surface area contributed by atoms with Crippen molar-refractivity contribution in [2.75, 3.05) is 5.75 Å². The first-order valence-electron chi connectivity index (χ1n) is 7.37. The van der Waals surface area contributed by atoms with Gasteiger partial charge in [-0.3, -0.25) is 0 Å². The molecule has 0 saturated carbocycles. The van der Waals surface area contributed by atoms with Gasteiger partial charge >= 0.3 is 6.18 Å². The number of halogens is 4. The van der Waals surface area contributed by atoms with E-state index in [0.717, 1.165) is 22.3 Å². The van der Waals surface area contributed by atoms with Gasteiger partial charge in [0.2, 0.25) is 6.10 Å². The van der Waals surface area contributed by atoms with Gasteiger partial charge in [0.25, 0.3) is 0 Å². The average molecular weight is 371 g/mol. The molecular formula is C18H14ClF3OS. The van der Waals surface area contributed by atoms with Crippen LogP contribution >= 0.6 is 23.4 Å². The fourth-order valence-electron chi connectivity index (χ4n) is 2.52. The lowest BCUT2D eigenvalue weighted by Gasteiger charge is -2.25. The summed E-state index contributed by atoms with van der Waals surface area (Å²) in [4.78, 5) is 1.10. The van der Waals surface area contributed by atoms with Crippen LogP contribution in [0.5, 0.6) is 5.75 Å². The summed E-state index contributed by atoms with van der Waals surface area (Å²) in [5, 5.41) is 0.453. The minimum atomic E-state index is -4.45. The van der Waals surface area contributed by atoms with Crippen LogP contribution in [0, 0.1) is 0 Å². The third-order valence-corrected chi connectivity index (χ3v) is 4.69. The van der Waals surface area contributed by atoms with Crippen molar-refractivity contribution in [2.45, 2.75) is 24.1 Å². The van der Waals surface area contributed by atoms with E-state index < -0.39 is 12.3 Å². The molecule has 0 N–H and O–H groups in total. The summed E-state index contributed by atoms with van der Waals surface area (Å²) in [5.41, 5.74) is 1.87. The van der Waals surface area contributed by atoms with Gasteiger partial charge in [-0.1, -0.05) is 36.7 Å². The lowest BCUT2D eigenvalue weighted by Crippen LogP contribution is -2.34. The highest BCUT2D eigenvalue weighted by molar-refractivity contribution is 7.99. The molecule has 3 rings (SSSR count). The summed E-state index contributed by atoms with van der Waals surface area (Å²) in [6, 6.07) is 10.9. The van der Waals surface area contributed by atoms with E-state index in [9.17, 15) is 13.2 Å². The number of hydrogen-bond donors (Lipinski definition) is 0. The summed E-state index contributed by atoms with van der Waals surface area (Å²) in [5.74, 6) is 1.16. The Bertz CT molecular complexity index is 769. The molecule has 2 aromatic rings. The van der Waals surface area contributed by atoms with Gasteiger partial charge in [0.15, 0.2) is 0 Å². The molecule has 0 bridgehead atoms. The van der Waals surface area contributed by atoms with Crippen LogP contribution < -0.4 is 4.74 Å². The zero-order valence-electron chi connectivity index (χ0n) is 12.7. The van der Waals surface area contributed by atoms with Gasteiger partial charge in [0.1, 0.15) is 5.75 Å². The first kappa shape index (κ1) is 17.2. The second-order valence-electron chi connectivity index (χ2n) is 5.27. The Morgan fingerprint density at radius 2 is 1.88 bits per heavy atom. The first-order chi connectivity index (χ1) is 11.4. The lowest BCUT2D eigenvalue weighted by atomic mass is 9.99. The van der Waals surface area contributed by atoms with E-state index in [-0.39, 0.29) is 5.75 Å². The third-order valence-electron chi connectivity index (χ3n) is 3.58. The number of thioether (sulfide) groups is 1. The molecule has 1 heterocycles. The predicted molar refractivity (Wildman–Crippen MR) is 92.8 cm³/mol. The van der Waals surface area contributed by atoms with Crippen LogP contribution in [0.3, 0.4) is 0 Å². The van der Waals surface area contributed by atoms with E-state index in [1.54, 1.807) is 23.9 Å². The molecule has 0 aliphatic carbocycles. The Labute approximate surface area is 147 Å². The summed E-state index contributed by atoms with van der Waals surface area (Å²) in [6.07, 6.45) is -3.98. The fourth-order valence-corrected chi connectivity index (χ4v) is 3.40. The molecule has 0 amide bonds. The van der Waals surface area contributed by atoms with Gasteiger partial charge in [0.05, 0.1) is 0 Å². The van der Waals surface area contributed by atoms with Crippen LogP contribution in [0.15, 0.2) is 47.4 Å².